The van der Waals surface area contributed by atoms with Gasteiger partial charge in [-0.1, -0.05) is 66.7 Å². The van der Waals surface area contributed by atoms with Crippen molar-refractivity contribution >= 4 is 11.9 Å². The molecule has 7 heteroatoms. The zero-order valence-corrected chi connectivity index (χ0v) is 21.4. The number of urea groups is 1. The molecular formula is C30H33N3O4. The van der Waals surface area contributed by atoms with Gasteiger partial charge in [-0.2, -0.15) is 0 Å². The summed E-state index contributed by atoms with van der Waals surface area (Å²) in [7, 11) is 3.28. The lowest BCUT2D eigenvalue weighted by molar-refractivity contribution is -0.133. The van der Waals surface area contributed by atoms with Crippen LogP contribution in [0, 0.1) is 0 Å². The Morgan fingerprint density at radius 3 is 2.14 bits per heavy atom. The van der Waals surface area contributed by atoms with E-state index in [1.54, 1.807) is 14.2 Å². The summed E-state index contributed by atoms with van der Waals surface area (Å²) in [5.41, 5.74) is 2.02. The average molecular weight is 500 g/mol. The zero-order chi connectivity index (χ0) is 25.8. The number of nitrogens with zero attached hydrogens (tertiary/aromatic N) is 2. The molecule has 2 fully saturated rings. The van der Waals surface area contributed by atoms with Gasteiger partial charge in [0.25, 0.3) is 5.91 Å². The number of nitrogens with one attached hydrogen (secondary N) is 1. The summed E-state index contributed by atoms with van der Waals surface area (Å²) in [5, 5.41) is 3.10. The van der Waals surface area contributed by atoms with Crippen LogP contribution in [0.15, 0.2) is 78.9 Å². The van der Waals surface area contributed by atoms with Crippen LogP contribution in [0.3, 0.4) is 0 Å². The Morgan fingerprint density at radius 2 is 1.54 bits per heavy atom. The number of hydrogen-bond acceptors (Lipinski definition) is 5. The second-order valence-electron chi connectivity index (χ2n) is 9.79. The number of methoxy groups -OCH3 is 2. The Morgan fingerprint density at radius 1 is 0.892 bits per heavy atom. The molecule has 3 aromatic carbocycles. The van der Waals surface area contributed by atoms with E-state index in [2.05, 4.69) is 10.2 Å². The van der Waals surface area contributed by atoms with Crippen LogP contribution in [-0.2, 0) is 17.6 Å². The number of likely N-dealkylation sites (tertiary alicyclic amines) is 1. The van der Waals surface area contributed by atoms with E-state index in [-0.39, 0.29) is 24.6 Å². The smallest absolute Gasteiger partial charge is 0.326 e. The van der Waals surface area contributed by atoms with Gasteiger partial charge in [0, 0.05) is 37.1 Å². The Balaban J connectivity index is 1.41. The van der Waals surface area contributed by atoms with Crippen molar-refractivity contribution in [3.8, 4) is 11.5 Å². The number of ether oxygens (including phenoxy) is 2. The van der Waals surface area contributed by atoms with Crippen LogP contribution in [0.25, 0.3) is 0 Å². The van der Waals surface area contributed by atoms with Crippen molar-refractivity contribution in [2.45, 2.75) is 37.3 Å². The monoisotopic (exact) mass is 499 g/mol. The highest BCUT2D eigenvalue weighted by molar-refractivity contribution is 6.07. The summed E-state index contributed by atoms with van der Waals surface area (Å²) in [4.78, 5) is 31.0. The maximum absolute atomic E-state index is 14.1. The molecule has 0 aliphatic carbocycles. The number of hydrogen-bond donors (Lipinski definition) is 1. The summed E-state index contributed by atoms with van der Waals surface area (Å²) in [6.07, 6.45) is 2.76. The third-order valence-corrected chi connectivity index (χ3v) is 7.43. The van der Waals surface area contributed by atoms with Crippen LogP contribution in [0.4, 0.5) is 4.79 Å². The first-order valence-electron chi connectivity index (χ1n) is 12.7. The van der Waals surface area contributed by atoms with E-state index >= 15 is 0 Å². The van der Waals surface area contributed by atoms with E-state index in [1.807, 2.05) is 78.9 Å². The van der Waals surface area contributed by atoms with E-state index in [1.165, 1.54) is 4.90 Å². The molecule has 1 unspecified atom stereocenters. The van der Waals surface area contributed by atoms with Crippen LogP contribution in [0.1, 0.15) is 35.6 Å². The lowest BCUT2D eigenvalue weighted by atomic mass is 9.84. The first kappa shape index (κ1) is 24.8. The first-order chi connectivity index (χ1) is 18.0. The van der Waals surface area contributed by atoms with Crippen LogP contribution >= 0.6 is 0 Å². The van der Waals surface area contributed by atoms with Gasteiger partial charge in [0.2, 0.25) is 0 Å². The van der Waals surface area contributed by atoms with Crippen molar-refractivity contribution in [2.75, 3.05) is 27.4 Å². The molecule has 0 saturated carbocycles. The van der Waals surface area contributed by atoms with Crippen LogP contribution < -0.4 is 14.8 Å². The highest BCUT2D eigenvalue weighted by Crippen LogP contribution is 2.39. The van der Waals surface area contributed by atoms with Gasteiger partial charge in [0.05, 0.1) is 20.9 Å². The fourth-order valence-electron chi connectivity index (χ4n) is 5.62. The molecule has 1 N–H and O–H groups in total. The Hall–Kier alpha value is -3.84. The topological polar surface area (TPSA) is 71.1 Å². The minimum atomic E-state index is -1.03. The van der Waals surface area contributed by atoms with E-state index in [0.717, 1.165) is 47.6 Å². The van der Waals surface area contributed by atoms with Crippen molar-refractivity contribution in [1.82, 2.24) is 15.1 Å². The Kier molecular flexibility index (Phi) is 7.15. The van der Waals surface area contributed by atoms with Crippen LogP contribution in [0.2, 0.25) is 0 Å². The van der Waals surface area contributed by atoms with Gasteiger partial charge in [-0.15, -0.1) is 0 Å². The van der Waals surface area contributed by atoms with Crippen molar-refractivity contribution < 1.29 is 19.1 Å². The van der Waals surface area contributed by atoms with Gasteiger partial charge in [-0.05, 0) is 30.0 Å². The molecule has 192 valence electrons. The molecule has 2 aliphatic rings. The van der Waals surface area contributed by atoms with Crippen molar-refractivity contribution in [1.29, 1.82) is 0 Å². The molecule has 2 heterocycles. The standard InChI is InChI=1S/C30H33N3O4/c1-36-24-15-16-25(27(18-24)37-2)26-14-9-17-32(26)21-33-28(34)30(31-29(33)35,19-22-10-5-3-6-11-22)20-23-12-7-4-8-13-23/h3-8,10-13,15-16,18,26H,9,14,17,19-21H2,1-2H3,(H,31,35). The fraction of sp³-hybridized carbons (Fsp3) is 0.333. The number of amides is 3. The number of rotatable bonds is 9. The lowest BCUT2D eigenvalue weighted by Gasteiger charge is -2.30. The van der Waals surface area contributed by atoms with E-state index < -0.39 is 5.54 Å². The maximum Gasteiger partial charge on any atom is 0.326 e. The summed E-state index contributed by atoms with van der Waals surface area (Å²) in [6, 6.07) is 25.3. The highest BCUT2D eigenvalue weighted by atomic mass is 16.5. The second-order valence-corrected chi connectivity index (χ2v) is 9.79. The molecule has 37 heavy (non-hydrogen) atoms. The molecule has 0 aromatic heterocycles. The molecule has 0 spiro atoms. The lowest BCUT2D eigenvalue weighted by Crippen LogP contribution is -2.51. The van der Waals surface area contributed by atoms with Gasteiger partial charge < -0.3 is 14.8 Å². The first-order valence-corrected chi connectivity index (χ1v) is 12.7. The van der Waals surface area contributed by atoms with Crippen LogP contribution in [-0.4, -0.2) is 54.7 Å². The maximum atomic E-state index is 14.1. The largest absolute Gasteiger partial charge is 0.497 e. The van der Waals surface area contributed by atoms with Gasteiger partial charge >= 0.3 is 6.03 Å². The van der Waals surface area contributed by atoms with Gasteiger partial charge in [-0.3, -0.25) is 9.69 Å². The molecule has 3 aromatic rings. The summed E-state index contributed by atoms with van der Waals surface area (Å²) in [6.45, 7) is 1.02. The Bertz CT molecular complexity index is 1210. The quantitative estimate of drug-likeness (QED) is 0.437. The molecule has 7 nitrogen and oxygen atoms in total. The number of carbonyl (C=O) groups excluding carboxylic acids is 2. The summed E-state index contributed by atoms with van der Waals surface area (Å²) < 4.78 is 11.0. The SMILES string of the molecule is COc1ccc(C2CCCN2CN2C(=O)NC(Cc3ccccc3)(Cc3ccccc3)C2=O)c(OC)c1. The zero-order valence-electron chi connectivity index (χ0n) is 21.4. The normalized spacial score (nSPS) is 19.2. The summed E-state index contributed by atoms with van der Waals surface area (Å²) >= 11 is 0. The molecule has 1 atom stereocenters. The van der Waals surface area contributed by atoms with E-state index in [0.29, 0.717) is 12.8 Å². The number of imide groups is 1. The van der Waals surface area contributed by atoms with Crippen LogP contribution in [0.5, 0.6) is 11.5 Å². The highest BCUT2D eigenvalue weighted by Gasteiger charge is 2.52. The van der Waals surface area contributed by atoms with E-state index in [9.17, 15) is 9.59 Å². The fourth-order valence-corrected chi connectivity index (χ4v) is 5.62. The predicted octanol–water partition coefficient (Wildman–Crippen LogP) is 4.57. The third kappa shape index (κ3) is 5.04. The molecule has 5 rings (SSSR count). The predicted molar refractivity (Wildman–Crippen MR) is 141 cm³/mol. The molecule has 2 aliphatic heterocycles. The minimum absolute atomic E-state index is 0.0414. The third-order valence-electron chi connectivity index (χ3n) is 7.43. The summed E-state index contributed by atoms with van der Waals surface area (Å²) in [5.74, 6) is 1.29. The van der Waals surface area contributed by atoms with Gasteiger partial charge in [0.15, 0.2) is 0 Å². The average Bonchev–Trinajstić information content (AvgIpc) is 3.47. The van der Waals surface area contributed by atoms with Crippen molar-refractivity contribution in [3.63, 3.8) is 0 Å². The number of benzene rings is 3. The number of carbonyl (C=O) groups is 2. The molecule has 0 bridgehead atoms. The van der Waals surface area contributed by atoms with Gasteiger partial charge in [-0.25, -0.2) is 9.69 Å². The van der Waals surface area contributed by atoms with Gasteiger partial charge in [0.1, 0.15) is 17.0 Å². The van der Waals surface area contributed by atoms with Crippen molar-refractivity contribution in [3.05, 3.63) is 95.6 Å². The second kappa shape index (κ2) is 10.6. The molecule has 2 saturated heterocycles. The Labute approximate surface area is 218 Å². The van der Waals surface area contributed by atoms with E-state index in [4.69, 9.17) is 9.47 Å². The molecule has 3 amide bonds. The van der Waals surface area contributed by atoms with Crippen molar-refractivity contribution in [2.24, 2.45) is 0 Å². The minimum Gasteiger partial charge on any atom is -0.497 e. The molecule has 0 radical (unpaired) electrons. The molecular weight excluding hydrogens is 466 g/mol.